The number of nitrogens with two attached hydrogens (primary N) is 1. The van der Waals surface area contributed by atoms with Gasteiger partial charge in [-0.05, 0) is 31.2 Å². The van der Waals surface area contributed by atoms with Gasteiger partial charge < -0.3 is 15.8 Å². The Morgan fingerprint density at radius 2 is 1.95 bits per heavy atom. The maximum atomic E-state index is 11.7. The zero-order chi connectivity index (χ0) is 16.2. The van der Waals surface area contributed by atoms with Crippen LogP contribution in [-0.4, -0.2) is 34.6 Å². The van der Waals surface area contributed by atoms with Crippen LogP contribution in [0.5, 0.6) is 0 Å². The standard InChI is InChI=1S/C13H21N3O4S/c1-8(2)12(13(17)20-4)16-9-5-6-11(10(14)7-9)21(18,19)15-3/h5-8,12,15-16H,14H2,1-4H3. The number of hydrogen-bond acceptors (Lipinski definition) is 6. The summed E-state index contributed by atoms with van der Waals surface area (Å²) in [4.78, 5) is 11.7. The van der Waals surface area contributed by atoms with Crippen molar-refractivity contribution in [1.29, 1.82) is 0 Å². The number of carbonyl (C=O) groups is 1. The topological polar surface area (TPSA) is 111 Å². The van der Waals surface area contributed by atoms with Crippen molar-refractivity contribution in [3.05, 3.63) is 18.2 Å². The molecular formula is C13H21N3O4S. The summed E-state index contributed by atoms with van der Waals surface area (Å²) in [5.74, 6) is -0.394. The van der Waals surface area contributed by atoms with Crippen LogP contribution in [0.15, 0.2) is 23.1 Å². The molecule has 0 saturated carbocycles. The van der Waals surface area contributed by atoms with Gasteiger partial charge in [0.25, 0.3) is 0 Å². The second-order valence-electron chi connectivity index (χ2n) is 4.85. The minimum atomic E-state index is -3.61. The molecule has 0 aliphatic heterocycles. The minimum Gasteiger partial charge on any atom is -0.467 e. The summed E-state index contributed by atoms with van der Waals surface area (Å²) in [6, 6.07) is 3.88. The molecule has 8 heteroatoms. The van der Waals surface area contributed by atoms with Gasteiger partial charge in [-0.25, -0.2) is 17.9 Å². The predicted molar refractivity (Wildman–Crippen MR) is 81.4 cm³/mol. The zero-order valence-electron chi connectivity index (χ0n) is 12.5. The number of esters is 1. The maximum Gasteiger partial charge on any atom is 0.328 e. The SMILES string of the molecule is CNS(=O)(=O)c1ccc(NC(C(=O)OC)C(C)C)cc1N. The first kappa shape index (κ1) is 17.3. The largest absolute Gasteiger partial charge is 0.467 e. The van der Waals surface area contributed by atoms with Crippen LogP contribution in [0.3, 0.4) is 0 Å². The van der Waals surface area contributed by atoms with E-state index in [1.807, 2.05) is 13.8 Å². The Balaban J connectivity index is 3.07. The molecule has 1 aromatic rings. The first-order valence-corrected chi connectivity index (χ1v) is 7.88. The molecule has 118 valence electrons. The molecule has 21 heavy (non-hydrogen) atoms. The minimum absolute atomic E-state index is 0.000563. The third-order valence-electron chi connectivity index (χ3n) is 3.01. The van der Waals surface area contributed by atoms with E-state index in [-0.39, 0.29) is 16.5 Å². The number of sulfonamides is 1. The molecule has 0 amide bonds. The molecule has 0 aliphatic carbocycles. The summed E-state index contributed by atoms with van der Waals surface area (Å²) in [6.45, 7) is 3.75. The Hall–Kier alpha value is -1.80. The van der Waals surface area contributed by atoms with Crippen molar-refractivity contribution in [1.82, 2.24) is 4.72 Å². The van der Waals surface area contributed by atoms with E-state index < -0.39 is 22.0 Å². The van der Waals surface area contributed by atoms with Crippen LogP contribution < -0.4 is 15.8 Å². The van der Waals surface area contributed by atoms with Gasteiger partial charge in [0.2, 0.25) is 10.0 Å². The molecule has 0 bridgehead atoms. The summed E-state index contributed by atoms with van der Waals surface area (Å²) in [5, 5.41) is 3.00. The van der Waals surface area contributed by atoms with Crippen LogP contribution in [0, 0.1) is 5.92 Å². The lowest BCUT2D eigenvalue weighted by molar-refractivity contribution is -0.142. The highest BCUT2D eigenvalue weighted by molar-refractivity contribution is 7.89. The maximum absolute atomic E-state index is 11.7. The Bertz CT molecular complexity index is 614. The second-order valence-corrected chi connectivity index (χ2v) is 6.70. The molecule has 4 N–H and O–H groups in total. The number of ether oxygens (including phenoxy) is 1. The quantitative estimate of drug-likeness (QED) is 0.528. The monoisotopic (exact) mass is 315 g/mol. The van der Waals surface area contributed by atoms with Crippen molar-refractivity contribution in [2.75, 3.05) is 25.2 Å². The molecule has 0 fully saturated rings. The van der Waals surface area contributed by atoms with Crippen LogP contribution in [0.1, 0.15) is 13.8 Å². The third kappa shape index (κ3) is 4.08. The molecule has 0 spiro atoms. The van der Waals surface area contributed by atoms with Crippen LogP contribution in [-0.2, 0) is 19.6 Å². The van der Waals surface area contributed by atoms with Crippen LogP contribution >= 0.6 is 0 Å². The molecular weight excluding hydrogens is 294 g/mol. The number of anilines is 2. The van der Waals surface area contributed by atoms with Gasteiger partial charge in [0.1, 0.15) is 10.9 Å². The van der Waals surface area contributed by atoms with Gasteiger partial charge >= 0.3 is 5.97 Å². The molecule has 0 heterocycles. The normalized spacial score (nSPS) is 13.0. The molecule has 7 nitrogen and oxygen atoms in total. The number of carbonyl (C=O) groups excluding carboxylic acids is 1. The number of hydrogen-bond donors (Lipinski definition) is 3. The summed E-state index contributed by atoms with van der Waals surface area (Å²) in [5.41, 5.74) is 6.41. The van der Waals surface area contributed by atoms with E-state index in [0.717, 1.165) is 0 Å². The van der Waals surface area contributed by atoms with E-state index in [9.17, 15) is 13.2 Å². The Morgan fingerprint density at radius 3 is 2.38 bits per heavy atom. The predicted octanol–water partition coefficient (Wildman–Crippen LogP) is 0.786. The van der Waals surface area contributed by atoms with Gasteiger partial charge in [0, 0.05) is 5.69 Å². The van der Waals surface area contributed by atoms with Crippen molar-refractivity contribution >= 4 is 27.4 Å². The lowest BCUT2D eigenvalue weighted by Crippen LogP contribution is -2.35. The van der Waals surface area contributed by atoms with E-state index in [1.54, 1.807) is 6.07 Å². The van der Waals surface area contributed by atoms with Gasteiger partial charge in [-0.2, -0.15) is 0 Å². The summed E-state index contributed by atoms with van der Waals surface area (Å²) >= 11 is 0. The van der Waals surface area contributed by atoms with Crippen LogP contribution in [0.4, 0.5) is 11.4 Å². The van der Waals surface area contributed by atoms with Crippen LogP contribution in [0.25, 0.3) is 0 Å². The number of rotatable bonds is 6. The molecule has 1 unspecified atom stereocenters. The van der Waals surface area contributed by atoms with Gasteiger partial charge in [-0.1, -0.05) is 13.8 Å². The van der Waals surface area contributed by atoms with E-state index in [1.165, 1.54) is 26.3 Å². The highest BCUT2D eigenvalue weighted by Crippen LogP contribution is 2.23. The Morgan fingerprint density at radius 1 is 1.33 bits per heavy atom. The van der Waals surface area contributed by atoms with Gasteiger partial charge in [0.15, 0.2) is 0 Å². The number of methoxy groups -OCH3 is 1. The number of nitrogen functional groups attached to an aromatic ring is 1. The molecule has 0 radical (unpaired) electrons. The van der Waals surface area contributed by atoms with Crippen molar-refractivity contribution in [3.63, 3.8) is 0 Å². The highest BCUT2D eigenvalue weighted by atomic mass is 32.2. The average Bonchev–Trinajstić information content (AvgIpc) is 2.43. The fourth-order valence-corrected chi connectivity index (χ4v) is 2.63. The number of nitrogens with one attached hydrogen (secondary N) is 2. The lowest BCUT2D eigenvalue weighted by atomic mass is 10.0. The molecule has 1 rings (SSSR count). The second kappa shape index (κ2) is 6.77. The van der Waals surface area contributed by atoms with E-state index in [4.69, 9.17) is 10.5 Å². The third-order valence-corrected chi connectivity index (χ3v) is 4.50. The summed E-state index contributed by atoms with van der Waals surface area (Å²) < 4.78 is 30.4. The molecule has 0 aromatic heterocycles. The Kier molecular flexibility index (Phi) is 5.56. The van der Waals surface area contributed by atoms with E-state index >= 15 is 0 Å². The van der Waals surface area contributed by atoms with Gasteiger partial charge in [0.05, 0.1) is 12.8 Å². The molecule has 0 saturated heterocycles. The summed E-state index contributed by atoms with van der Waals surface area (Å²) in [7, 11) is -0.978. The van der Waals surface area contributed by atoms with E-state index in [0.29, 0.717) is 5.69 Å². The van der Waals surface area contributed by atoms with Crippen molar-refractivity contribution in [2.24, 2.45) is 5.92 Å². The highest BCUT2D eigenvalue weighted by Gasteiger charge is 2.23. The van der Waals surface area contributed by atoms with Gasteiger partial charge in [-0.15, -0.1) is 0 Å². The fraction of sp³-hybridized carbons (Fsp3) is 0.462. The zero-order valence-corrected chi connectivity index (χ0v) is 13.3. The Labute approximate surface area is 124 Å². The number of benzene rings is 1. The van der Waals surface area contributed by atoms with Crippen LogP contribution in [0.2, 0.25) is 0 Å². The van der Waals surface area contributed by atoms with E-state index in [2.05, 4.69) is 10.0 Å². The average molecular weight is 315 g/mol. The van der Waals surface area contributed by atoms with Crippen molar-refractivity contribution in [3.8, 4) is 0 Å². The van der Waals surface area contributed by atoms with Crippen molar-refractivity contribution in [2.45, 2.75) is 24.8 Å². The smallest absolute Gasteiger partial charge is 0.328 e. The van der Waals surface area contributed by atoms with Gasteiger partial charge in [-0.3, -0.25) is 0 Å². The fourth-order valence-electron chi connectivity index (χ4n) is 1.80. The molecule has 1 atom stereocenters. The first-order valence-electron chi connectivity index (χ1n) is 6.40. The van der Waals surface area contributed by atoms with Crippen molar-refractivity contribution < 1.29 is 17.9 Å². The lowest BCUT2D eigenvalue weighted by Gasteiger charge is -2.21. The summed E-state index contributed by atoms with van der Waals surface area (Å²) in [6.07, 6.45) is 0. The first-order chi connectivity index (χ1) is 9.72. The molecule has 1 aromatic carbocycles. The molecule has 0 aliphatic rings.